The lowest BCUT2D eigenvalue weighted by atomic mass is 10.1. The summed E-state index contributed by atoms with van der Waals surface area (Å²) in [6.07, 6.45) is 3.32. The van der Waals surface area contributed by atoms with E-state index in [4.69, 9.17) is 15.4 Å². The molecule has 0 radical (unpaired) electrons. The maximum atomic E-state index is 10.4. The highest BCUT2D eigenvalue weighted by Crippen LogP contribution is 2.07. The first-order valence-corrected chi connectivity index (χ1v) is 5.81. The predicted molar refractivity (Wildman–Crippen MR) is 49.7 cm³/mol. The molecule has 6 heteroatoms. The minimum atomic E-state index is -4.07. The number of rotatable bonds is 7. The molecular weight excluding hydrogens is 194 g/mol. The van der Waals surface area contributed by atoms with Crippen LogP contribution >= 0.6 is 0 Å². The van der Waals surface area contributed by atoms with Gasteiger partial charge in [-0.3, -0.25) is 4.55 Å². The molecule has 1 unspecified atom stereocenters. The number of hydrogen-bond donors (Lipinski definition) is 3. The van der Waals surface area contributed by atoms with Gasteiger partial charge in [-0.1, -0.05) is 19.3 Å². The molecule has 0 aromatic rings. The molecule has 0 amide bonds. The summed E-state index contributed by atoms with van der Waals surface area (Å²) in [5, 5.41) is 7.28. The number of nitrogens with two attached hydrogens (primary N) is 1. The number of aliphatic hydroxyl groups is 1. The largest absolute Gasteiger partial charge is 0.396 e. The van der Waals surface area contributed by atoms with E-state index in [0.29, 0.717) is 6.42 Å². The summed E-state index contributed by atoms with van der Waals surface area (Å²) >= 11 is 0. The average Bonchev–Trinajstić information content (AvgIpc) is 2.02. The fourth-order valence-corrected chi connectivity index (χ4v) is 1.42. The molecule has 0 heterocycles. The van der Waals surface area contributed by atoms with Crippen molar-refractivity contribution in [3.05, 3.63) is 0 Å². The average molecular weight is 211 g/mol. The number of unbranched alkanes of at least 4 members (excludes halogenated alkanes) is 3. The Bertz CT molecular complexity index is 215. The molecule has 80 valence electrons. The second-order valence-corrected chi connectivity index (χ2v) is 4.62. The Morgan fingerprint density at radius 3 is 2.15 bits per heavy atom. The molecule has 0 aromatic carbocycles. The van der Waals surface area contributed by atoms with Crippen LogP contribution in [-0.4, -0.2) is 30.1 Å². The van der Waals surface area contributed by atoms with Gasteiger partial charge in [0.2, 0.25) is 0 Å². The summed E-state index contributed by atoms with van der Waals surface area (Å²) in [7, 11) is -4.07. The lowest BCUT2D eigenvalue weighted by molar-refractivity contribution is 0.282. The Morgan fingerprint density at radius 1 is 1.15 bits per heavy atom. The van der Waals surface area contributed by atoms with Gasteiger partial charge in [0.05, 0.1) is 0 Å². The van der Waals surface area contributed by atoms with Gasteiger partial charge in [-0.15, -0.1) is 0 Å². The van der Waals surface area contributed by atoms with Crippen LogP contribution in [0.2, 0.25) is 0 Å². The molecule has 0 saturated heterocycles. The van der Waals surface area contributed by atoms with Gasteiger partial charge < -0.3 is 10.8 Å². The predicted octanol–water partition coefficient (Wildman–Crippen LogP) is 0.102. The third kappa shape index (κ3) is 6.94. The minimum Gasteiger partial charge on any atom is -0.396 e. The van der Waals surface area contributed by atoms with Crippen molar-refractivity contribution >= 4 is 10.1 Å². The van der Waals surface area contributed by atoms with Crippen molar-refractivity contribution in [3.63, 3.8) is 0 Å². The van der Waals surface area contributed by atoms with E-state index in [0.717, 1.165) is 19.3 Å². The van der Waals surface area contributed by atoms with Crippen molar-refractivity contribution in [3.8, 4) is 0 Å². The van der Waals surface area contributed by atoms with Crippen LogP contribution in [0.1, 0.15) is 32.1 Å². The molecular formula is C7H17NO4S. The van der Waals surface area contributed by atoms with Gasteiger partial charge in [0.25, 0.3) is 10.1 Å². The fourth-order valence-electron chi connectivity index (χ4n) is 0.960. The van der Waals surface area contributed by atoms with Crippen molar-refractivity contribution in [1.82, 2.24) is 0 Å². The molecule has 0 aromatic heterocycles. The normalized spacial score (nSPS) is 14.4. The standard InChI is InChI=1S/C7H17NO4S/c8-7(13(10,11)12)5-3-1-2-4-6-9/h7,9H,1-6,8H2,(H,10,11,12). The summed E-state index contributed by atoms with van der Waals surface area (Å²) in [6.45, 7) is 0.157. The van der Waals surface area contributed by atoms with Crippen LogP contribution in [0.15, 0.2) is 0 Å². The summed E-state index contributed by atoms with van der Waals surface area (Å²) < 4.78 is 29.4. The minimum absolute atomic E-state index is 0.157. The quantitative estimate of drug-likeness (QED) is 0.409. The van der Waals surface area contributed by atoms with Crippen molar-refractivity contribution in [1.29, 1.82) is 0 Å². The van der Waals surface area contributed by atoms with Crippen molar-refractivity contribution in [2.24, 2.45) is 5.73 Å². The third-order valence-corrected chi connectivity index (χ3v) is 2.78. The van der Waals surface area contributed by atoms with Crippen molar-refractivity contribution in [2.45, 2.75) is 37.5 Å². The van der Waals surface area contributed by atoms with E-state index in [1.807, 2.05) is 0 Å². The van der Waals surface area contributed by atoms with Gasteiger partial charge in [0.15, 0.2) is 0 Å². The van der Waals surface area contributed by atoms with Crippen LogP contribution in [0.25, 0.3) is 0 Å². The fraction of sp³-hybridized carbons (Fsp3) is 1.00. The van der Waals surface area contributed by atoms with E-state index in [9.17, 15) is 8.42 Å². The zero-order valence-electron chi connectivity index (χ0n) is 7.52. The Labute approximate surface area is 78.7 Å². The molecule has 0 bridgehead atoms. The van der Waals surface area contributed by atoms with Crippen LogP contribution < -0.4 is 5.73 Å². The van der Waals surface area contributed by atoms with Crippen LogP contribution in [0.5, 0.6) is 0 Å². The van der Waals surface area contributed by atoms with Gasteiger partial charge in [0.1, 0.15) is 5.37 Å². The molecule has 1 atom stereocenters. The SMILES string of the molecule is NC(CCCCCCO)S(=O)(=O)O. The Hall–Kier alpha value is -0.170. The van der Waals surface area contributed by atoms with E-state index in [1.54, 1.807) is 0 Å². The van der Waals surface area contributed by atoms with E-state index < -0.39 is 15.5 Å². The number of hydrogen-bond acceptors (Lipinski definition) is 4. The van der Waals surface area contributed by atoms with Crippen molar-refractivity contribution in [2.75, 3.05) is 6.61 Å². The Balaban J connectivity index is 3.44. The summed E-state index contributed by atoms with van der Waals surface area (Å²) in [4.78, 5) is 0. The van der Waals surface area contributed by atoms with Gasteiger partial charge in [-0.25, -0.2) is 0 Å². The molecule has 0 spiro atoms. The van der Waals surface area contributed by atoms with Gasteiger partial charge in [-0.05, 0) is 12.8 Å². The third-order valence-electron chi connectivity index (χ3n) is 1.78. The van der Waals surface area contributed by atoms with Gasteiger partial charge in [0, 0.05) is 6.61 Å². The second-order valence-electron chi connectivity index (χ2n) is 2.98. The zero-order valence-corrected chi connectivity index (χ0v) is 8.33. The van der Waals surface area contributed by atoms with Gasteiger partial charge >= 0.3 is 0 Å². The maximum Gasteiger partial charge on any atom is 0.280 e. The maximum absolute atomic E-state index is 10.4. The summed E-state index contributed by atoms with van der Waals surface area (Å²) in [5.41, 5.74) is 5.18. The molecule has 0 aliphatic carbocycles. The number of aliphatic hydroxyl groups excluding tert-OH is 1. The first-order valence-electron chi connectivity index (χ1n) is 4.31. The first kappa shape index (κ1) is 12.8. The van der Waals surface area contributed by atoms with Crippen LogP contribution in [-0.2, 0) is 10.1 Å². The summed E-state index contributed by atoms with van der Waals surface area (Å²) in [5.74, 6) is 0. The monoisotopic (exact) mass is 211 g/mol. The molecule has 0 fully saturated rings. The summed E-state index contributed by atoms with van der Waals surface area (Å²) in [6, 6.07) is 0. The van der Waals surface area contributed by atoms with E-state index in [2.05, 4.69) is 0 Å². The highest BCUT2D eigenvalue weighted by molar-refractivity contribution is 7.86. The second kappa shape index (κ2) is 6.31. The lowest BCUT2D eigenvalue weighted by Crippen LogP contribution is -2.29. The van der Waals surface area contributed by atoms with Gasteiger partial charge in [-0.2, -0.15) is 8.42 Å². The van der Waals surface area contributed by atoms with E-state index in [-0.39, 0.29) is 13.0 Å². The molecule has 0 rings (SSSR count). The molecule has 4 N–H and O–H groups in total. The Morgan fingerprint density at radius 2 is 1.69 bits per heavy atom. The van der Waals surface area contributed by atoms with Crippen LogP contribution in [0.3, 0.4) is 0 Å². The zero-order chi connectivity index (χ0) is 10.3. The molecule has 0 aliphatic heterocycles. The molecule has 5 nitrogen and oxygen atoms in total. The smallest absolute Gasteiger partial charge is 0.280 e. The highest BCUT2D eigenvalue weighted by atomic mass is 32.2. The topological polar surface area (TPSA) is 101 Å². The lowest BCUT2D eigenvalue weighted by Gasteiger charge is -2.06. The Kier molecular flexibility index (Phi) is 6.23. The molecule has 13 heavy (non-hydrogen) atoms. The van der Waals surface area contributed by atoms with E-state index in [1.165, 1.54) is 0 Å². The molecule has 0 saturated carbocycles. The van der Waals surface area contributed by atoms with E-state index >= 15 is 0 Å². The van der Waals surface area contributed by atoms with Crippen LogP contribution in [0, 0.1) is 0 Å². The first-order chi connectivity index (χ1) is 5.98. The van der Waals surface area contributed by atoms with Crippen molar-refractivity contribution < 1.29 is 18.1 Å². The molecule has 0 aliphatic rings. The van der Waals surface area contributed by atoms with Crippen LogP contribution in [0.4, 0.5) is 0 Å². The highest BCUT2D eigenvalue weighted by Gasteiger charge is 2.16.